The standard InChI is InChI=1S/C15H21ClN2O2.ClH/c1-10-13(7-5-9-17-10)18-15(19)11(2)20-14-8-4-3-6-12(14)16;/h3-4,6,8,10-11,13,17H,5,7,9H2,1-2H3,(H,18,19);1H. The highest BCUT2D eigenvalue weighted by molar-refractivity contribution is 6.32. The molecule has 1 saturated heterocycles. The molecule has 6 heteroatoms. The van der Waals surface area contributed by atoms with Crippen LogP contribution in [0.1, 0.15) is 26.7 Å². The van der Waals surface area contributed by atoms with Gasteiger partial charge in [0.15, 0.2) is 6.10 Å². The van der Waals surface area contributed by atoms with E-state index in [4.69, 9.17) is 16.3 Å². The van der Waals surface area contributed by atoms with E-state index in [1.165, 1.54) is 0 Å². The third kappa shape index (κ3) is 5.06. The minimum absolute atomic E-state index is 0. The number of para-hydroxylation sites is 1. The molecule has 2 N–H and O–H groups in total. The van der Waals surface area contributed by atoms with E-state index in [2.05, 4.69) is 17.6 Å². The van der Waals surface area contributed by atoms with Crippen molar-refractivity contribution in [1.82, 2.24) is 10.6 Å². The number of hydrogen-bond donors (Lipinski definition) is 2. The van der Waals surface area contributed by atoms with Crippen LogP contribution in [0, 0.1) is 0 Å². The van der Waals surface area contributed by atoms with Crippen molar-refractivity contribution in [3.63, 3.8) is 0 Å². The fourth-order valence-electron chi connectivity index (χ4n) is 2.33. The van der Waals surface area contributed by atoms with Gasteiger partial charge in [-0.2, -0.15) is 0 Å². The van der Waals surface area contributed by atoms with Crippen molar-refractivity contribution in [2.45, 2.75) is 44.9 Å². The Hall–Kier alpha value is -0.970. The topological polar surface area (TPSA) is 50.4 Å². The lowest BCUT2D eigenvalue weighted by Gasteiger charge is -2.31. The molecule has 1 aromatic rings. The van der Waals surface area contributed by atoms with Gasteiger partial charge in [0.25, 0.3) is 5.91 Å². The molecule has 1 fully saturated rings. The number of ether oxygens (including phenoxy) is 1. The summed E-state index contributed by atoms with van der Waals surface area (Å²) in [4.78, 5) is 12.2. The van der Waals surface area contributed by atoms with Gasteiger partial charge in [-0.25, -0.2) is 0 Å². The molecule has 1 aliphatic rings. The van der Waals surface area contributed by atoms with Gasteiger partial charge in [0.1, 0.15) is 5.75 Å². The number of rotatable bonds is 4. The van der Waals surface area contributed by atoms with Gasteiger partial charge in [-0.1, -0.05) is 23.7 Å². The summed E-state index contributed by atoms with van der Waals surface area (Å²) in [6, 6.07) is 7.62. The minimum Gasteiger partial charge on any atom is -0.479 e. The zero-order valence-electron chi connectivity index (χ0n) is 12.3. The maximum Gasteiger partial charge on any atom is 0.261 e. The lowest BCUT2D eigenvalue weighted by atomic mass is 10.00. The quantitative estimate of drug-likeness (QED) is 0.891. The Labute approximate surface area is 137 Å². The van der Waals surface area contributed by atoms with Crippen LogP contribution in [0.25, 0.3) is 0 Å². The number of carbonyl (C=O) groups is 1. The Bertz CT molecular complexity index is 471. The number of halogens is 2. The van der Waals surface area contributed by atoms with E-state index in [9.17, 15) is 4.79 Å². The van der Waals surface area contributed by atoms with Crippen molar-refractivity contribution in [3.8, 4) is 5.75 Å². The van der Waals surface area contributed by atoms with E-state index in [1.807, 2.05) is 12.1 Å². The van der Waals surface area contributed by atoms with E-state index in [1.54, 1.807) is 19.1 Å². The van der Waals surface area contributed by atoms with Gasteiger partial charge < -0.3 is 15.4 Å². The molecule has 3 unspecified atom stereocenters. The fourth-order valence-corrected chi connectivity index (χ4v) is 2.51. The Balaban J connectivity index is 0.00000220. The number of amides is 1. The second-order valence-corrected chi connectivity index (χ2v) is 5.60. The summed E-state index contributed by atoms with van der Waals surface area (Å²) in [5.74, 6) is 0.428. The van der Waals surface area contributed by atoms with Gasteiger partial charge in [0.05, 0.1) is 5.02 Å². The van der Waals surface area contributed by atoms with Gasteiger partial charge >= 0.3 is 0 Å². The molecular weight excluding hydrogens is 311 g/mol. The van der Waals surface area contributed by atoms with Gasteiger partial charge in [-0.3, -0.25) is 4.79 Å². The van der Waals surface area contributed by atoms with Crippen LogP contribution < -0.4 is 15.4 Å². The monoisotopic (exact) mass is 332 g/mol. The van der Waals surface area contributed by atoms with E-state index < -0.39 is 6.10 Å². The van der Waals surface area contributed by atoms with Gasteiger partial charge in [0.2, 0.25) is 0 Å². The van der Waals surface area contributed by atoms with E-state index >= 15 is 0 Å². The van der Waals surface area contributed by atoms with Crippen LogP contribution in [0.2, 0.25) is 5.02 Å². The summed E-state index contributed by atoms with van der Waals surface area (Å²) in [7, 11) is 0. The predicted octanol–water partition coefficient (Wildman–Crippen LogP) is 2.79. The molecule has 0 aliphatic carbocycles. The van der Waals surface area contributed by atoms with Gasteiger partial charge in [-0.05, 0) is 45.4 Å². The van der Waals surface area contributed by atoms with Crippen LogP contribution >= 0.6 is 24.0 Å². The Morgan fingerprint density at radius 1 is 1.48 bits per heavy atom. The first kappa shape index (κ1) is 18.1. The van der Waals surface area contributed by atoms with Crippen molar-refractivity contribution < 1.29 is 9.53 Å². The first-order valence-electron chi connectivity index (χ1n) is 7.03. The highest BCUT2D eigenvalue weighted by atomic mass is 35.5. The normalized spacial score (nSPS) is 22.8. The molecule has 1 aliphatic heterocycles. The van der Waals surface area contributed by atoms with Crippen LogP contribution in [-0.4, -0.2) is 30.6 Å². The molecule has 1 heterocycles. The molecule has 0 aromatic heterocycles. The SMILES string of the molecule is CC(Oc1ccccc1Cl)C(=O)NC1CCCNC1C.Cl. The van der Waals surface area contributed by atoms with Crippen molar-refractivity contribution in [2.75, 3.05) is 6.54 Å². The van der Waals surface area contributed by atoms with Gasteiger partial charge in [0, 0.05) is 12.1 Å². The van der Waals surface area contributed by atoms with E-state index in [-0.39, 0.29) is 24.4 Å². The summed E-state index contributed by atoms with van der Waals surface area (Å²) >= 11 is 6.02. The van der Waals surface area contributed by atoms with Crippen molar-refractivity contribution in [2.24, 2.45) is 0 Å². The van der Waals surface area contributed by atoms with Gasteiger partial charge in [-0.15, -0.1) is 12.4 Å². The Morgan fingerprint density at radius 2 is 2.19 bits per heavy atom. The lowest BCUT2D eigenvalue weighted by molar-refractivity contribution is -0.128. The molecule has 0 radical (unpaired) electrons. The second-order valence-electron chi connectivity index (χ2n) is 5.19. The predicted molar refractivity (Wildman–Crippen MR) is 87.4 cm³/mol. The number of hydrogen-bond acceptors (Lipinski definition) is 3. The number of nitrogens with one attached hydrogen (secondary N) is 2. The van der Waals surface area contributed by atoms with E-state index in [0.717, 1.165) is 19.4 Å². The summed E-state index contributed by atoms with van der Waals surface area (Å²) in [5, 5.41) is 6.91. The number of carbonyl (C=O) groups excluding carboxylic acids is 1. The van der Waals surface area contributed by atoms with Crippen LogP contribution in [0.5, 0.6) is 5.75 Å². The largest absolute Gasteiger partial charge is 0.479 e. The van der Waals surface area contributed by atoms with Crippen LogP contribution in [0.4, 0.5) is 0 Å². The summed E-state index contributed by atoms with van der Waals surface area (Å²) in [6.07, 6.45) is 1.51. The molecule has 0 spiro atoms. The first-order chi connectivity index (χ1) is 9.58. The molecule has 0 bridgehead atoms. The molecule has 1 amide bonds. The maximum absolute atomic E-state index is 12.2. The molecule has 1 aromatic carbocycles. The zero-order valence-corrected chi connectivity index (χ0v) is 13.8. The third-order valence-electron chi connectivity index (χ3n) is 3.60. The zero-order chi connectivity index (χ0) is 14.5. The highest BCUT2D eigenvalue weighted by Crippen LogP contribution is 2.24. The number of benzene rings is 1. The van der Waals surface area contributed by atoms with E-state index in [0.29, 0.717) is 16.8 Å². The van der Waals surface area contributed by atoms with Crippen LogP contribution in [-0.2, 0) is 4.79 Å². The van der Waals surface area contributed by atoms with Crippen LogP contribution in [0.15, 0.2) is 24.3 Å². The molecule has 118 valence electrons. The molecule has 2 rings (SSSR count). The summed E-state index contributed by atoms with van der Waals surface area (Å²) < 4.78 is 5.62. The summed E-state index contributed by atoms with van der Waals surface area (Å²) in [6.45, 7) is 4.84. The minimum atomic E-state index is -0.566. The average Bonchev–Trinajstić information content (AvgIpc) is 2.43. The molecule has 4 nitrogen and oxygen atoms in total. The average molecular weight is 333 g/mol. The van der Waals surface area contributed by atoms with Crippen molar-refractivity contribution in [1.29, 1.82) is 0 Å². The maximum atomic E-state index is 12.2. The highest BCUT2D eigenvalue weighted by Gasteiger charge is 2.25. The fraction of sp³-hybridized carbons (Fsp3) is 0.533. The molecule has 21 heavy (non-hydrogen) atoms. The van der Waals surface area contributed by atoms with Crippen molar-refractivity contribution in [3.05, 3.63) is 29.3 Å². The second kappa shape index (κ2) is 8.47. The molecule has 3 atom stereocenters. The Kier molecular flexibility index (Phi) is 7.29. The summed E-state index contributed by atoms with van der Waals surface area (Å²) in [5.41, 5.74) is 0. The molecule has 0 saturated carbocycles. The number of piperidine rings is 1. The smallest absolute Gasteiger partial charge is 0.261 e. The first-order valence-corrected chi connectivity index (χ1v) is 7.40. The third-order valence-corrected chi connectivity index (χ3v) is 3.91. The lowest BCUT2D eigenvalue weighted by Crippen LogP contribution is -2.54. The van der Waals surface area contributed by atoms with Crippen molar-refractivity contribution >= 4 is 29.9 Å². The Morgan fingerprint density at radius 3 is 2.86 bits per heavy atom. The van der Waals surface area contributed by atoms with Crippen LogP contribution in [0.3, 0.4) is 0 Å². The molecular formula is C15H22Cl2N2O2.